The zero-order chi connectivity index (χ0) is 44.4. The van der Waals surface area contributed by atoms with Crippen LogP contribution >= 0.6 is 0 Å². The van der Waals surface area contributed by atoms with E-state index in [9.17, 15) is 0 Å². The molecule has 0 bridgehead atoms. The molecule has 0 unspecified atom stereocenters. The fourth-order valence-corrected chi connectivity index (χ4v) is 8.63. The summed E-state index contributed by atoms with van der Waals surface area (Å²) in [5.74, 6) is 2.64. The van der Waals surface area contributed by atoms with E-state index in [-0.39, 0.29) is 37.3 Å². The number of hydrogen-bond acceptors (Lipinski definition) is 4. The topological polar surface area (TPSA) is 33.5 Å². The van der Waals surface area contributed by atoms with Crippen molar-refractivity contribution in [3.05, 3.63) is 175 Å². The fraction of sp³-hybridized carbons (Fsp3) is 0.276. The van der Waals surface area contributed by atoms with Gasteiger partial charge in [-0.3, -0.25) is 0 Å². The number of pyridine rings is 1. The molecular formula is C58H59N4OPt-3. The number of hydrogen-bond donors (Lipinski definition) is 0. The first kappa shape index (κ1) is 44.9. The summed E-state index contributed by atoms with van der Waals surface area (Å²) in [7, 11) is 0. The van der Waals surface area contributed by atoms with E-state index in [1.165, 1.54) is 38.8 Å². The van der Waals surface area contributed by atoms with Gasteiger partial charge in [-0.1, -0.05) is 136 Å². The summed E-state index contributed by atoms with van der Waals surface area (Å²) in [5.41, 5.74) is 13.7. The predicted octanol–water partition coefficient (Wildman–Crippen LogP) is 15.7. The van der Waals surface area contributed by atoms with Crippen LogP contribution in [0, 0.1) is 24.7 Å². The molecule has 330 valence electrons. The Morgan fingerprint density at radius 2 is 1.30 bits per heavy atom. The molecule has 0 amide bonds. The monoisotopic (exact) mass is 1020 g/mol. The molecule has 1 aliphatic rings. The molecule has 0 fully saturated rings. The summed E-state index contributed by atoms with van der Waals surface area (Å²) < 4.78 is 8.95. The van der Waals surface area contributed by atoms with Gasteiger partial charge in [-0.05, 0) is 110 Å². The molecule has 0 saturated heterocycles. The fourth-order valence-electron chi connectivity index (χ4n) is 8.63. The quantitative estimate of drug-likeness (QED) is 0.142. The average molecular weight is 1020 g/mol. The Morgan fingerprint density at radius 1 is 0.594 bits per heavy atom. The molecule has 6 heteroatoms. The number of benzene rings is 6. The van der Waals surface area contributed by atoms with Crippen molar-refractivity contribution in [1.82, 2.24) is 9.55 Å². The van der Waals surface area contributed by atoms with E-state index in [1.807, 2.05) is 24.4 Å². The van der Waals surface area contributed by atoms with Crippen LogP contribution in [-0.4, -0.2) is 9.55 Å². The van der Waals surface area contributed by atoms with Gasteiger partial charge in [0.05, 0.1) is 0 Å². The van der Waals surface area contributed by atoms with Gasteiger partial charge in [0, 0.05) is 61.3 Å². The molecule has 0 radical (unpaired) electrons. The molecule has 1 aliphatic heterocycles. The Balaban J connectivity index is 0.00000560. The Bertz CT molecular complexity index is 2980. The van der Waals surface area contributed by atoms with Crippen molar-refractivity contribution in [3.63, 3.8) is 0 Å². The van der Waals surface area contributed by atoms with Gasteiger partial charge >= 0.3 is 0 Å². The second kappa shape index (κ2) is 17.1. The van der Waals surface area contributed by atoms with Crippen LogP contribution < -0.4 is 14.5 Å². The van der Waals surface area contributed by atoms with Crippen LogP contribution in [0.2, 0.25) is 0 Å². The Hall–Kier alpha value is -5.64. The van der Waals surface area contributed by atoms with Crippen LogP contribution in [0.25, 0.3) is 38.8 Å². The van der Waals surface area contributed by atoms with Crippen LogP contribution in [0.15, 0.2) is 134 Å². The minimum atomic E-state index is -0.0490. The Morgan fingerprint density at radius 3 is 2.02 bits per heavy atom. The van der Waals surface area contributed by atoms with Crippen LogP contribution in [-0.2, 0) is 43.7 Å². The molecular weight excluding hydrogens is 964 g/mol. The first-order valence-corrected chi connectivity index (χ1v) is 22.4. The molecule has 0 aliphatic carbocycles. The molecule has 5 nitrogen and oxygen atoms in total. The van der Waals surface area contributed by atoms with Gasteiger partial charge in [0.1, 0.15) is 5.82 Å². The number of nitrogens with zero attached hydrogens (tertiary/aromatic N) is 4. The molecule has 0 atom stereocenters. The largest absolute Gasteiger partial charge is 0.509 e. The van der Waals surface area contributed by atoms with Gasteiger partial charge in [-0.25, -0.2) is 4.98 Å². The van der Waals surface area contributed by atoms with Crippen molar-refractivity contribution in [2.75, 3.05) is 9.80 Å². The molecule has 0 spiro atoms. The van der Waals surface area contributed by atoms with E-state index in [0.29, 0.717) is 17.4 Å². The standard InChI is InChI=1S/C58H59N4O.Pt/c1-38(2)28-39-26-27-59-55(29-39)62-51-24-20-42(56(3,4)5)33-50(51)49-23-22-48(36-53(49)62)63-47-19-15-18-45(35-47)60-37-61(54-34-43(57(6,7)8)21-25-52(54)60)46-31-41(40-16-13-12-14-17-40)30-44(32-46)58(9,10)11;/h12-27,29-34,37-38H,28H2,1-11H3;/q-3;. The Labute approximate surface area is 395 Å². The van der Waals surface area contributed by atoms with Gasteiger partial charge in [-0.2, -0.15) is 12.1 Å². The van der Waals surface area contributed by atoms with E-state index in [2.05, 4.69) is 219 Å². The molecule has 6 aromatic carbocycles. The summed E-state index contributed by atoms with van der Waals surface area (Å²) >= 11 is 0. The summed E-state index contributed by atoms with van der Waals surface area (Å²) in [6.07, 6.45) is 2.91. The van der Waals surface area contributed by atoms with E-state index in [1.54, 1.807) is 0 Å². The second-order valence-electron chi connectivity index (χ2n) is 20.7. The van der Waals surface area contributed by atoms with E-state index in [0.717, 1.165) is 51.4 Å². The summed E-state index contributed by atoms with van der Waals surface area (Å²) in [6, 6.07) is 53.3. The summed E-state index contributed by atoms with van der Waals surface area (Å²) in [4.78, 5) is 9.48. The molecule has 64 heavy (non-hydrogen) atoms. The van der Waals surface area contributed by atoms with Gasteiger partial charge in [-0.15, -0.1) is 48.1 Å². The van der Waals surface area contributed by atoms with Crippen LogP contribution in [0.3, 0.4) is 0 Å². The van der Waals surface area contributed by atoms with Crippen molar-refractivity contribution >= 4 is 44.6 Å². The third-order valence-corrected chi connectivity index (χ3v) is 12.2. The van der Waals surface area contributed by atoms with Gasteiger partial charge < -0.3 is 19.1 Å². The zero-order valence-corrected chi connectivity index (χ0v) is 41.3. The third-order valence-electron chi connectivity index (χ3n) is 12.2. The molecule has 2 aromatic heterocycles. The number of fused-ring (bicyclic) bond motifs is 4. The van der Waals surface area contributed by atoms with Gasteiger partial charge in [0.25, 0.3) is 0 Å². The van der Waals surface area contributed by atoms with Gasteiger partial charge in [0.2, 0.25) is 0 Å². The van der Waals surface area contributed by atoms with E-state index < -0.39 is 0 Å². The van der Waals surface area contributed by atoms with E-state index >= 15 is 0 Å². The minimum absolute atomic E-state index is 0. The van der Waals surface area contributed by atoms with Crippen LogP contribution in [0.4, 0.5) is 22.7 Å². The number of anilines is 4. The average Bonchev–Trinajstić information content (AvgIpc) is 3.78. The number of ether oxygens (including phenoxy) is 1. The van der Waals surface area contributed by atoms with Crippen LogP contribution in [0.5, 0.6) is 11.5 Å². The van der Waals surface area contributed by atoms with Crippen molar-refractivity contribution in [2.24, 2.45) is 5.92 Å². The molecule has 0 saturated carbocycles. The smallest absolute Gasteiger partial charge is 0.135 e. The maximum absolute atomic E-state index is 6.71. The molecule has 0 N–H and O–H groups in total. The Kier molecular flexibility index (Phi) is 12.0. The normalized spacial score (nSPS) is 13.2. The van der Waals surface area contributed by atoms with E-state index in [4.69, 9.17) is 9.72 Å². The predicted molar refractivity (Wildman–Crippen MR) is 264 cm³/mol. The summed E-state index contributed by atoms with van der Waals surface area (Å²) in [5, 5.41) is 2.29. The maximum Gasteiger partial charge on any atom is 0.135 e. The zero-order valence-electron chi connectivity index (χ0n) is 39.1. The summed E-state index contributed by atoms with van der Waals surface area (Å²) in [6.45, 7) is 27.2. The molecule has 3 heterocycles. The SMILES string of the molecule is CC(C)Cc1ccnc(-n2c3[c-]c(Oc4[c-]c(N5[CH-]N(c6cc(-c7ccccc7)cc(C(C)(C)C)c6)c6cc(C(C)(C)C)ccc65)ccc4)ccc3c3cc(C(C)(C)C)ccc32)c1.[Pt]. The first-order chi connectivity index (χ1) is 29.9. The molecule has 8 aromatic rings. The minimum Gasteiger partial charge on any atom is -0.509 e. The molecule has 9 rings (SSSR count). The third kappa shape index (κ3) is 8.89. The van der Waals surface area contributed by atoms with Crippen LogP contribution in [0.1, 0.15) is 98.4 Å². The second-order valence-corrected chi connectivity index (χ2v) is 20.7. The maximum atomic E-state index is 6.71. The van der Waals surface area contributed by atoms with Crippen molar-refractivity contribution in [1.29, 1.82) is 0 Å². The number of aromatic nitrogens is 2. The first-order valence-electron chi connectivity index (χ1n) is 22.4. The van der Waals surface area contributed by atoms with Crippen molar-refractivity contribution in [2.45, 2.75) is 98.8 Å². The van der Waals surface area contributed by atoms with Gasteiger partial charge in [0.15, 0.2) is 0 Å². The number of rotatable bonds is 8. The van der Waals surface area contributed by atoms with Crippen molar-refractivity contribution in [3.8, 4) is 28.4 Å². The van der Waals surface area contributed by atoms with Crippen molar-refractivity contribution < 1.29 is 25.8 Å².